The van der Waals surface area contributed by atoms with Crippen molar-refractivity contribution in [2.24, 2.45) is 0 Å². The highest BCUT2D eigenvalue weighted by Crippen LogP contribution is 2.51. The number of aliphatic hydroxyl groups excluding tert-OH is 1. The number of amides is 1. The highest BCUT2D eigenvalue weighted by Gasteiger charge is 2.32. The van der Waals surface area contributed by atoms with Crippen molar-refractivity contribution in [2.45, 2.75) is 6.10 Å². The van der Waals surface area contributed by atoms with Gasteiger partial charge in [0, 0.05) is 33.3 Å². The van der Waals surface area contributed by atoms with Gasteiger partial charge in [0.1, 0.15) is 6.10 Å². The van der Waals surface area contributed by atoms with E-state index in [1.807, 2.05) is 0 Å². The van der Waals surface area contributed by atoms with Gasteiger partial charge in [-0.05, 0) is 35.4 Å². The molecule has 0 spiro atoms. The van der Waals surface area contributed by atoms with Gasteiger partial charge in [-0.1, -0.05) is 34.8 Å². The van der Waals surface area contributed by atoms with Gasteiger partial charge in [-0.15, -0.1) is 0 Å². The lowest BCUT2D eigenvalue weighted by molar-refractivity contribution is -0.131. The minimum absolute atomic E-state index is 0.297. The maximum absolute atomic E-state index is 11.9. The summed E-state index contributed by atoms with van der Waals surface area (Å²) >= 11 is 18.4. The van der Waals surface area contributed by atoms with E-state index < -0.39 is 18.0 Å². The molecule has 2 aromatic carbocycles. The van der Waals surface area contributed by atoms with Gasteiger partial charge in [-0.2, -0.15) is 0 Å². The highest BCUT2D eigenvalue weighted by molar-refractivity contribution is 6.37. The Labute approximate surface area is 157 Å². The van der Waals surface area contributed by atoms with Crippen molar-refractivity contribution in [3.05, 3.63) is 62.6 Å². The molecule has 0 bridgehead atoms. The second-order valence-electron chi connectivity index (χ2n) is 5.33. The lowest BCUT2D eigenvalue weighted by Crippen LogP contribution is -2.10. The third kappa shape index (κ3) is 3.37. The standard InChI is InChI=1S/C17H10Cl3NO4/c18-7-3-9-15(11(20)5-7)16-10(17(9)25)4-8(19)6-12(16)21-13(22)1-2-14(23)24/h1-6,17,25H,(H,21,22)(H,23,24). The summed E-state index contributed by atoms with van der Waals surface area (Å²) in [6.07, 6.45) is 0.603. The molecule has 0 fully saturated rings. The number of nitrogens with one attached hydrogen (secondary N) is 1. The first-order chi connectivity index (χ1) is 11.8. The van der Waals surface area contributed by atoms with Crippen LogP contribution in [0.25, 0.3) is 11.1 Å². The topological polar surface area (TPSA) is 86.6 Å². The van der Waals surface area contributed by atoms with E-state index in [4.69, 9.17) is 39.9 Å². The second-order valence-corrected chi connectivity index (χ2v) is 6.61. The average molecular weight is 399 g/mol. The van der Waals surface area contributed by atoms with Gasteiger partial charge >= 0.3 is 5.97 Å². The summed E-state index contributed by atoms with van der Waals surface area (Å²) in [4.78, 5) is 22.5. The molecule has 0 saturated carbocycles. The van der Waals surface area contributed by atoms with Crippen molar-refractivity contribution < 1.29 is 19.8 Å². The third-order valence-electron chi connectivity index (χ3n) is 3.69. The summed E-state index contributed by atoms with van der Waals surface area (Å²) in [5.74, 6) is -1.90. The molecule has 0 heterocycles. The van der Waals surface area contributed by atoms with Crippen molar-refractivity contribution in [1.29, 1.82) is 0 Å². The van der Waals surface area contributed by atoms with Crippen LogP contribution in [0.5, 0.6) is 0 Å². The molecule has 0 aliphatic heterocycles. The van der Waals surface area contributed by atoms with Crippen molar-refractivity contribution in [1.82, 2.24) is 0 Å². The highest BCUT2D eigenvalue weighted by atomic mass is 35.5. The van der Waals surface area contributed by atoms with Crippen LogP contribution in [0.3, 0.4) is 0 Å². The predicted octanol–water partition coefficient (Wildman–Crippen LogP) is 4.29. The summed E-state index contributed by atoms with van der Waals surface area (Å²) in [6, 6.07) is 6.21. The molecule has 8 heteroatoms. The molecule has 3 N–H and O–H groups in total. The summed E-state index contributed by atoms with van der Waals surface area (Å²) in [5, 5.41) is 22.7. The Morgan fingerprint density at radius 2 is 1.56 bits per heavy atom. The van der Waals surface area contributed by atoms with Crippen LogP contribution in [0, 0.1) is 0 Å². The van der Waals surface area contributed by atoms with E-state index in [0.29, 0.717) is 43.0 Å². The molecular weight excluding hydrogens is 389 g/mol. The number of carbonyl (C=O) groups excluding carboxylic acids is 1. The Bertz CT molecular complexity index is 940. The molecule has 25 heavy (non-hydrogen) atoms. The number of fused-ring (bicyclic) bond motifs is 3. The van der Waals surface area contributed by atoms with E-state index in [0.717, 1.165) is 12.2 Å². The Morgan fingerprint density at radius 3 is 2.20 bits per heavy atom. The lowest BCUT2D eigenvalue weighted by Gasteiger charge is -2.12. The van der Waals surface area contributed by atoms with Gasteiger partial charge < -0.3 is 15.5 Å². The molecule has 1 amide bonds. The zero-order valence-corrected chi connectivity index (χ0v) is 14.7. The number of carboxylic acid groups (broad SMARTS) is 1. The molecule has 5 nitrogen and oxygen atoms in total. The van der Waals surface area contributed by atoms with Gasteiger partial charge in [0.25, 0.3) is 0 Å². The van der Waals surface area contributed by atoms with Gasteiger partial charge in [0.15, 0.2) is 0 Å². The number of rotatable bonds is 3. The Hall–Kier alpha value is -2.05. The Balaban J connectivity index is 2.13. The number of carbonyl (C=O) groups is 2. The van der Waals surface area contributed by atoms with Crippen LogP contribution in [0.4, 0.5) is 5.69 Å². The molecule has 3 rings (SSSR count). The van der Waals surface area contributed by atoms with Crippen LogP contribution < -0.4 is 5.32 Å². The molecule has 1 aliphatic rings. The lowest BCUT2D eigenvalue weighted by atomic mass is 10.0. The first kappa shape index (κ1) is 17.8. The fraction of sp³-hybridized carbons (Fsp3) is 0.0588. The Kier molecular flexibility index (Phi) is 4.75. The van der Waals surface area contributed by atoms with Crippen LogP contribution in [0.15, 0.2) is 36.4 Å². The normalized spacial score (nSPS) is 15.1. The summed E-state index contributed by atoms with van der Waals surface area (Å²) < 4.78 is 0. The molecule has 1 aliphatic carbocycles. The van der Waals surface area contributed by atoms with E-state index in [-0.39, 0.29) is 0 Å². The van der Waals surface area contributed by atoms with Gasteiger partial charge in [0.05, 0.1) is 10.7 Å². The predicted molar refractivity (Wildman–Crippen MR) is 96.4 cm³/mol. The summed E-state index contributed by atoms with van der Waals surface area (Å²) in [6.45, 7) is 0. The number of benzene rings is 2. The van der Waals surface area contributed by atoms with Crippen LogP contribution in [0.1, 0.15) is 17.2 Å². The number of aliphatic carboxylic acids is 1. The maximum Gasteiger partial charge on any atom is 0.328 e. The molecule has 1 atom stereocenters. The molecule has 128 valence electrons. The number of anilines is 1. The molecule has 0 radical (unpaired) electrons. The van der Waals surface area contributed by atoms with Gasteiger partial charge in [-0.25, -0.2) is 4.79 Å². The number of aliphatic hydroxyl groups is 1. The molecule has 2 aromatic rings. The second kappa shape index (κ2) is 6.69. The molecule has 1 unspecified atom stereocenters. The monoisotopic (exact) mass is 397 g/mol. The third-order valence-corrected chi connectivity index (χ3v) is 4.43. The molecule has 0 saturated heterocycles. The SMILES string of the molecule is O=C(O)C=CC(=O)Nc1cc(Cl)cc2c1-c1c(Cl)cc(Cl)cc1C2O. The summed E-state index contributed by atoms with van der Waals surface area (Å²) in [7, 11) is 0. The smallest absolute Gasteiger partial charge is 0.328 e. The van der Waals surface area contributed by atoms with Crippen LogP contribution in [-0.2, 0) is 9.59 Å². The molecule has 0 aromatic heterocycles. The van der Waals surface area contributed by atoms with Crippen LogP contribution in [0.2, 0.25) is 15.1 Å². The molecular formula is C17H10Cl3NO4. The van der Waals surface area contributed by atoms with Crippen molar-refractivity contribution in [3.8, 4) is 11.1 Å². The number of halogens is 3. The maximum atomic E-state index is 11.9. The Morgan fingerprint density at radius 1 is 0.960 bits per heavy atom. The van der Waals surface area contributed by atoms with Crippen LogP contribution >= 0.6 is 34.8 Å². The first-order valence-corrected chi connectivity index (χ1v) is 8.14. The number of carboxylic acids is 1. The van der Waals surface area contributed by atoms with Gasteiger partial charge in [0.2, 0.25) is 5.91 Å². The number of hydrogen-bond donors (Lipinski definition) is 3. The van der Waals surface area contributed by atoms with Crippen molar-refractivity contribution >= 4 is 52.4 Å². The quantitative estimate of drug-likeness (QED) is 0.673. The average Bonchev–Trinajstić information content (AvgIpc) is 2.79. The van der Waals surface area contributed by atoms with Crippen molar-refractivity contribution in [2.75, 3.05) is 5.32 Å². The zero-order valence-electron chi connectivity index (χ0n) is 12.4. The van der Waals surface area contributed by atoms with Gasteiger partial charge in [-0.3, -0.25) is 4.79 Å². The zero-order chi connectivity index (χ0) is 18.3. The van der Waals surface area contributed by atoms with E-state index in [2.05, 4.69) is 5.32 Å². The van der Waals surface area contributed by atoms with E-state index in [1.165, 1.54) is 12.1 Å². The minimum atomic E-state index is -1.25. The van der Waals surface area contributed by atoms with E-state index >= 15 is 0 Å². The van der Waals surface area contributed by atoms with Crippen LogP contribution in [-0.4, -0.2) is 22.1 Å². The fourth-order valence-electron chi connectivity index (χ4n) is 2.78. The minimum Gasteiger partial charge on any atom is -0.478 e. The fourth-order valence-corrected chi connectivity index (χ4v) is 3.61. The summed E-state index contributed by atoms with van der Waals surface area (Å²) in [5.41, 5.74) is 2.36. The van der Waals surface area contributed by atoms with E-state index in [9.17, 15) is 14.7 Å². The number of hydrogen-bond acceptors (Lipinski definition) is 3. The largest absolute Gasteiger partial charge is 0.478 e. The first-order valence-electron chi connectivity index (χ1n) is 7.00. The van der Waals surface area contributed by atoms with E-state index in [1.54, 1.807) is 12.1 Å². The van der Waals surface area contributed by atoms with Crippen molar-refractivity contribution in [3.63, 3.8) is 0 Å².